The third-order valence-corrected chi connectivity index (χ3v) is 5.21. The van der Waals surface area contributed by atoms with Crippen molar-refractivity contribution in [3.8, 4) is 0 Å². The third-order valence-electron chi connectivity index (χ3n) is 3.35. The van der Waals surface area contributed by atoms with Crippen molar-refractivity contribution in [3.63, 3.8) is 0 Å². The second-order valence-electron chi connectivity index (χ2n) is 4.04. The standard InChI is InChI=1S/C9H10BrNOS/c10-8-7(13-4-11-8)9(12)2-1-5-3-6(5)9/h4-6,12H,1-3H2. The van der Waals surface area contributed by atoms with Crippen LogP contribution in [0.1, 0.15) is 24.1 Å². The lowest BCUT2D eigenvalue weighted by Gasteiger charge is -2.23. The number of thiazole rings is 1. The van der Waals surface area contributed by atoms with E-state index < -0.39 is 5.60 Å². The Morgan fingerprint density at radius 2 is 2.54 bits per heavy atom. The number of halogens is 1. The summed E-state index contributed by atoms with van der Waals surface area (Å²) in [4.78, 5) is 5.17. The minimum absolute atomic E-state index is 0.518. The Kier molecular flexibility index (Phi) is 1.65. The van der Waals surface area contributed by atoms with Gasteiger partial charge in [-0.25, -0.2) is 4.98 Å². The smallest absolute Gasteiger partial charge is 0.123 e. The number of aliphatic hydroxyl groups is 1. The molecule has 0 saturated heterocycles. The predicted octanol–water partition coefficient (Wildman–Crippen LogP) is 2.52. The fourth-order valence-corrected chi connectivity index (χ4v) is 4.27. The molecule has 70 valence electrons. The van der Waals surface area contributed by atoms with Crippen molar-refractivity contribution in [2.75, 3.05) is 0 Å². The van der Waals surface area contributed by atoms with Gasteiger partial charge < -0.3 is 5.11 Å². The minimum atomic E-state index is -0.551. The van der Waals surface area contributed by atoms with Gasteiger partial charge in [0.2, 0.25) is 0 Å². The molecule has 1 N–H and O–H groups in total. The van der Waals surface area contributed by atoms with Crippen molar-refractivity contribution < 1.29 is 5.11 Å². The van der Waals surface area contributed by atoms with E-state index in [-0.39, 0.29) is 0 Å². The van der Waals surface area contributed by atoms with Crippen molar-refractivity contribution in [1.29, 1.82) is 0 Å². The van der Waals surface area contributed by atoms with E-state index in [0.29, 0.717) is 5.92 Å². The Hall–Kier alpha value is 0.0700. The summed E-state index contributed by atoms with van der Waals surface area (Å²) >= 11 is 4.96. The van der Waals surface area contributed by atoms with E-state index in [1.807, 2.05) is 0 Å². The van der Waals surface area contributed by atoms with E-state index in [4.69, 9.17) is 0 Å². The van der Waals surface area contributed by atoms with Crippen molar-refractivity contribution in [3.05, 3.63) is 15.0 Å². The molecule has 2 fully saturated rings. The summed E-state index contributed by atoms with van der Waals surface area (Å²) < 4.78 is 0.840. The number of rotatable bonds is 1. The highest BCUT2D eigenvalue weighted by atomic mass is 79.9. The molecule has 0 amide bonds. The largest absolute Gasteiger partial charge is 0.384 e. The molecule has 0 aromatic carbocycles. The molecule has 2 aliphatic rings. The van der Waals surface area contributed by atoms with Gasteiger partial charge in [-0.2, -0.15) is 0 Å². The highest BCUT2D eigenvalue weighted by Crippen LogP contribution is 2.62. The van der Waals surface area contributed by atoms with Crippen LogP contribution < -0.4 is 0 Å². The second-order valence-corrected chi connectivity index (χ2v) is 5.64. The molecule has 2 nitrogen and oxygen atoms in total. The van der Waals surface area contributed by atoms with Crippen LogP contribution in [0.4, 0.5) is 0 Å². The average Bonchev–Trinajstić information content (AvgIpc) is 2.67. The first-order valence-electron chi connectivity index (χ1n) is 4.53. The van der Waals surface area contributed by atoms with Crippen LogP contribution in [0.5, 0.6) is 0 Å². The summed E-state index contributed by atoms with van der Waals surface area (Å²) in [6.07, 6.45) is 3.31. The zero-order valence-corrected chi connectivity index (χ0v) is 9.44. The normalized spacial score (nSPS) is 42.0. The van der Waals surface area contributed by atoms with E-state index >= 15 is 0 Å². The Bertz CT molecular complexity index is 353. The van der Waals surface area contributed by atoms with E-state index in [1.54, 1.807) is 16.8 Å². The molecular formula is C9H10BrNOS. The van der Waals surface area contributed by atoms with Crippen molar-refractivity contribution in [1.82, 2.24) is 4.98 Å². The molecule has 0 aliphatic heterocycles. The molecule has 3 rings (SSSR count). The first-order chi connectivity index (χ1) is 6.22. The number of fused-ring (bicyclic) bond motifs is 1. The van der Waals surface area contributed by atoms with Crippen LogP contribution in [0.3, 0.4) is 0 Å². The first kappa shape index (κ1) is 8.38. The van der Waals surface area contributed by atoms with Crippen LogP contribution in [0, 0.1) is 11.8 Å². The SMILES string of the molecule is OC1(c2scnc2Br)CCC2CC21. The topological polar surface area (TPSA) is 33.1 Å². The van der Waals surface area contributed by atoms with Gasteiger partial charge in [-0.3, -0.25) is 0 Å². The molecule has 0 spiro atoms. The lowest BCUT2D eigenvalue weighted by Crippen LogP contribution is -2.24. The van der Waals surface area contributed by atoms with Crippen molar-refractivity contribution in [2.24, 2.45) is 11.8 Å². The quantitative estimate of drug-likeness (QED) is 0.841. The first-order valence-corrected chi connectivity index (χ1v) is 6.21. The second kappa shape index (κ2) is 2.55. The predicted molar refractivity (Wildman–Crippen MR) is 54.5 cm³/mol. The summed E-state index contributed by atoms with van der Waals surface area (Å²) in [6.45, 7) is 0. The van der Waals surface area contributed by atoms with Crippen LogP contribution in [-0.4, -0.2) is 10.1 Å². The number of aromatic nitrogens is 1. The van der Waals surface area contributed by atoms with Gasteiger partial charge in [-0.1, -0.05) is 0 Å². The number of hydrogen-bond acceptors (Lipinski definition) is 3. The Morgan fingerprint density at radius 3 is 3.00 bits per heavy atom. The molecule has 1 heterocycles. The van der Waals surface area contributed by atoms with Gasteiger partial charge in [0.05, 0.1) is 10.4 Å². The van der Waals surface area contributed by atoms with E-state index in [0.717, 1.165) is 21.8 Å². The van der Waals surface area contributed by atoms with Crippen LogP contribution in [0.2, 0.25) is 0 Å². The van der Waals surface area contributed by atoms with Gasteiger partial charge >= 0.3 is 0 Å². The molecule has 4 heteroatoms. The van der Waals surface area contributed by atoms with Gasteiger partial charge in [-0.15, -0.1) is 11.3 Å². The van der Waals surface area contributed by atoms with E-state index in [1.165, 1.54) is 12.8 Å². The maximum atomic E-state index is 10.5. The van der Waals surface area contributed by atoms with Crippen LogP contribution in [0.25, 0.3) is 0 Å². The number of nitrogens with zero attached hydrogens (tertiary/aromatic N) is 1. The van der Waals surface area contributed by atoms with E-state index in [9.17, 15) is 5.11 Å². The summed E-state index contributed by atoms with van der Waals surface area (Å²) in [5.74, 6) is 1.31. The average molecular weight is 260 g/mol. The molecule has 13 heavy (non-hydrogen) atoms. The Balaban J connectivity index is 2.04. The third kappa shape index (κ3) is 1.05. The Labute approximate surface area is 89.1 Å². The maximum absolute atomic E-state index is 10.5. The summed E-state index contributed by atoms with van der Waals surface area (Å²) in [5.41, 5.74) is 1.25. The molecule has 1 aromatic rings. The highest BCUT2D eigenvalue weighted by molar-refractivity contribution is 9.10. The zero-order chi connectivity index (χ0) is 9.05. The fourth-order valence-electron chi connectivity index (χ4n) is 2.54. The van der Waals surface area contributed by atoms with Crippen LogP contribution in [0.15, 0.2) is 10.1 Å². The van der Waals surface area contributed by atoms with E-state index in [2.05, 4.69) is 20.9 Å². The monoisotopic (exact) mass is 259 g/mol. The summed E-state index contributed by atoms with van der Waals surface area (Å²) in [5, 5.41) is 10.5. The Morgan fingerprint density at radius 1 is 1.69 bits per heavy atom. The van der Waals surface area contributed by atoms with Gasteiger partial charge in [0.1, 0.15) is 10.2 Å². The summed E-state index contributed by atoms with van der Waals surface area (Å²) in [7, 11) is 0. The molecule has 2 saturated carbocycles. The van der Waals surface area contributed by atoms with Gasteiger partial charge in [0, 0.05) is 0 Å². The maximum Gasteiger partial charge on any atom is 0.123 e. The number of hydrogen-bond donors (Lipinski definition) is 1. The van der Waals surface area contributed by atoms with Gasteiger partial charge in [0.15, 0.2) is 0 Å². The van der Waals surface area contributed by atoms with Crippen LogP contribution in [-0.2, 0) is 5.60 Å². The fraction of sp³-hybridized carbons (Fsp3) is 0.667. The van der Waals surface area contributed by atoms with Gasteiger partial charge in [0.25, 0.3) is 0 Å². The highest BCUT2D eigenvalue weighted by Gasteiger charge is 2.59. The van der Waals surface area contributed by atoms with Crippen molar-refractivity contribution in [2.45, 2.75) is 24.9 Å². The summed E-state index contributed by atoms with van der Waals surface area (Å²) in [6, 6.07) is 0. The lowest BCUT2D eigenvalue weighted by atomic mass is 9.96. The molecule has 1 aromatic heterocycles. The lowest BCUT2D eigenvalue weighted by molar-refractivity contribution is 0.0235. The zero-order valence-electron chi connectivity index (χ0n) is 7.03. The molecular weight excluding hydrogens is 250 g/mol. The van der Waals surface area contributed by atoms with Crippen LogP contribution >= 0.6 is 27.3 Å². The molecule has 3 unspecified atom stereocenters. The minimum Gasteiger partial charge on any atom is -0.384 e. The molecule has 0 radical (unpaired) electrons. The van der Waals surface area contributed by atoms with Crippen molar-refractivity contribution >= 4 is 27.3 Å². The molecule has 3 atom stereocenters. The molecule has 0 bridgehead atoms. The van der Waals surface area contributed by atoms with Gasteiger partial charge in [-0.05, 0) is 47.0 Å². The molecule has 2 aliphatic carbocycles.